The van der Waals surface area contributed by atoms with Gasteiger partial charge in [0.1, 0.15) is 12.5 Å². The summed E-state index contributed by atoms with van der Waals surface area (Å²) in [4.78, 5) is 33.8. The molecule has 0 saturated carbocycles. The Morgan fingerprint density at radius 1 is 0.969 bits per heavy atom. The van der Waals surface area contributed by atoms with Gasteiger partial charge in [-0.1, -0.05) is 60.1 Å². The van der Waals surface area contributed by atoms with Crippen LogP contribution in [0.1, 0.15) is 29.2 Å². The third-order valence-electron chi connectivity index (χ3n) is 5.37. The minimum atomic E-state index is -0.749. The highest BCUT2D eigenvalue weighted by molar-refractivity contribution is 6.31. The number of nitrogens with one attached hydrogen (secondary N) is 1. The second kappa shape index (κ2) is 10.2. The van der Waals surface area contributed by atoms with Crippen LogP contribution in [0.15, 0.2) is 84.1 Å². The summed E-state index contributed by atoms with van der Waals surface area (Å²) in [5.74, 6) is -1.19. The zero-order valence-electron chi connectivity index (χ0n) is 17.3. The van der Waals surface area contributed by atoms with Gasteiger partial charge in [-0.05, 0) is 47.7 Å². The van der Waals surface area contributed by atoms with Gasteiger partial charge in [0.2, 0.25) is 0 Å². The summed E-state index contributed by atoms with van der Waals surface area (Å²) in [7, 11) is 0. The molecule has 0 saturated heterocycles. The molecule has 32 heavy (non-hydrogen) atoms. The van der Waals surface area contributed by atoms with Gasteiger partial charge in [-0.25, -0.2) is 9.79 Å². The number of halogens is 1. The lowest BCUT2D eigenvalue weighted by Crippen LogP contribution is -2.45. The molecule has 0 fully saturated rings. The van der Waals surface area contributed by atoms with Crippen molar-refractivity contribution in [2.45, 2.75) is 25.5 Å². The highest BCUT2D eigenvalue weighted by Gasteiger charge is 2.39. The van der Waals surface area contributed by atoms with Crippen LogP contribution in [-0.4, -0.2) is 22.7 Å². The van der Waals surface area contributed by atoms with E-state index in [9.17, 15) is 9.59 Å². The predicted molar refractivity (Wildman–Crippen MR) is 122 cm³/mol. The van der Waals surface area contributed by atoms with E-state index < -0.39 is 24.0 Å². The lowest BCUT2D eigenvalue weighted by molar-refractivity contribution is -0.148. The highest BCUT2D eigenvalue weighted by atomic mass is 35.5. The minimum absolute atomic E-state index is 0.144. The monoisotopic (exact) mass is 447 g/mol. The van der Waals surface area contributed by atoms with E-state index in [1.54, 1.807) is 24.5 Å². The summed E-state index contributed by atoms with van der Waals surface area (Å²) in [6, 6.07) is 19.5. The van der Waals surface area contributed by atoms with Crippen LogP contribution in [0.3, 0.4) is 0 Å². The predicted octanol–water partition coefficient (Wildman–Crippen LogP) is 4.93. The molecular formula is C25H22ClN3O3. The lowest BCUT2D eigenvalue weighted by atomic mass is 9.85. The fraction of sp³-hybridized carbons (Fsp3) is 0.200. The molecule has 4 rings (SSSR count). The fourth-order valence-electron chi connectivity index (χ4n) is 3.75. The first-order valence-corrected chi connectivity index (χ1v) is 10.7. The van der Waals surface area contributed by atoms with Crippen molar-refractivity contribution in [3.63, 3.8) is 0 Å². The molecule has 1 aromatic heterocycles. The van der Waals surface area contributed by atoms with Crippen molar-refractivity contribution in [2.75, 3.05) is 0 Å². The molecule has 2 heterocycles. The third kappa shape index (κ3) is 5.21. The van der Waals surface area contributed by atoms with Crippen LogP contribution in [0.25, 0.3) is 0 Å². The number of carbonyl (C=O) groups excluding carboxylic acids is 2. The maximum Gasteiger partial charge on any atom is 0.341 e. The molecule has 162 valence electrons. The molecular weight excluding hydrogens is 426 g/mol. The topological polar surface area (TPSA) is 80.7 Å². The fourth-order valence-corrected chi connectivity index (χ4v) is 3.98. The summed E-state index contributed by atoms with van der Waals surface area (Å²) in [6.07, 6.45) is 4.22. The molecule has 0 spiro atoms. The Morgan fingerprint density at radius 2 is 1.69 bits per heavy atom. The number of amides is 2. The number of nitrogens with zero attached hydrogens (tertiary/aromatic N) is 2. The van der Waals surface area contributed by atoms with Crippen LogP contribution in [-0.2, 0) is 22.6 Å². The van der Waals surface area contributed by atoms with E-state index in [0.717, 1.165) is 16.7 Å². The number of esters is 1. The van der Waals surface area contributed by atoms with Crippen molar-refractivity contribution in [3.05, 3.63) is 101 Å². The Hall–Kier alpha value is -3.51. The van der Waals surface area contributed by atoms with Crippen LogP contribution in [0.5, 0.6) is 0 Å². The maximum absolute atomic E-state index is 13.3. The SMILES string of the molecule is O=C1N=C(CCc2ccccc2Cl)C(C(=O)OCc2ccccc2)C(c2ccncc2)N1. The lowest BCUT2D eigenvalue weighted by Gasteiger charge is -2.31. The average Bonchev–Trinajstić information content (AvgIpc) is 2.83. The number of carbonyl (C=O) groups is 2. The molecule has 0 aliphatic carbocycles. The average molecular weight is 448 g/mol. The van der Waals surface area contributed by atoms with Gasteiger partial charge in [0.25, 0.3) is 0 Å². The van der Waals surface area contributed by atoms with Crippen LogP contribution in [0.4, 0.5) is 4.79 Å². The first-order chi connectivity index (χ1) is 15.6. The Morgan fingerprint density at radius 3 is 2.44 bits per heavy atom. The molecule has 1 N–H and O–H groups in total. The van der Waals surface area contributed by atoms with Gasteiger partial charge in [0, 0.05) is 23.1 Å². The van der Waals surface area contributed by atoms with E-state index in [1.165, 1.54) is 0 Å². The molecule has 6 nitrogen and oxygen atoms in total. The normalized spacial score (nSPS) is 17.9. The van der Waals surface area contributed by atoms with Crippen LogP contribution < -0.4 is 5.32 Å². The number of aromatic nitrogens is 1. The number of benzene rings is 2. The van der Waals surface area contributed by atoms with Gasteiger partial charge in [0.15, 0.2) is 0 Å². The molecule has 0 bridgehead atoms. The van der Waals surface area contributed by atoms with Crippen molar-refractivity contribution in [3.8, 4) is 0 Å². The summed E-state index contributed by atoms with van der Waals surface area (Å²) in [5.41, 5.74) is 3.06. The zero-order chi connectivity index (χ0) is 22.3. The number of ether oxygens (including phenoxy) is 1. The molecule has 3 aromatic rings. The molecule has 2 amide bonds. The number of hydrogen-bond acceptors (Lipinski definition) is 4. The Balaban J connectivity index is 1.59. The van der Waals surface area contributed by atoms with Gasteiger partial charge in [0.05, 0.1) is 6.04 Å². The molecule has 0 radical (unpaired) electrons. The standard InChI is InChI=1S/C25H22ClN3O3/c26-20-9-5-4-8-18(20)10-11-21-22(24(30)32-16-17-6-2-1-3-7-17)23(29-25(31)28-21)19-12-14-27-15-13-19/h1-9,12-15,22-23H,10-11,16H2,(H,29,31). The van der Waals surface area contributed by atoms with E-state index >= 15 is 0 Å². The van der Waals surface area contributed by atoms with Crippen LogP contribution in [0.2, 0.25) is 5.02 Å². The van der Waals surface area contributed by atoms with Gasteiger partial charge < -0.3 is 10.1 Å². The van der Waals surface area contributed by atoms with Crippen molar-refractivity contribution in [1.82, 2.24) is 10.3 Å². The Labute approximate surface area is 191 Å². The molecule has 1 aliphatic heterocycles. The van der Waals surface area contributed by atoms with Crippen molar-refractivity contribution in [2.24, 2.45) is 10.9 Å². The molecule has 1 aliphatic rings. The second-order valence-electron chi connectivity index (χ2n) is 7.47. The number of aliphatic imine (C=N–C) groups is 1. The minimum Gasteiger partial charge on any atom is -0.460 e. The van der Waals surface area contributed by atoms with Crippen molar-refractivity contribution >= 4 is 29.3 Å². The summed E-state index contributed by atoms with van der Waals surface area (Å²) < 4.78 is 5.65. The molecule has 7 heteroatoms. The van der Waals surface area contributed by atoms with E-state index in [-0.39, 0.29) is 6.61 Å². The summed E-state index contributed by atoms with van der Waals surface area (Å²) in [5, 5.41) is 3.46. The maximum atomic E-state index is 13.3. The van der Waals surface area contributed by atoms with Crippen molar-refractivity contribution < 1.29 is 14.3 Å². The van der Waals surface area contributed by atoms with E-state index in [0.29, 0.717) is 23.6 Å². The molecule has 2 unspecified atom stereocenters. The first-order valence-electron chi connectivity index (χ1n) is 10.3. The van der Waals surface area contributed by atoms with Gasteiger partial charge in [-0.3, -0.25) is 9.78 Å². The first kappa shape index (κ1) is 21.7. The van der Waals surface area contributed by atoms with Crippen LogP contribution in [0, 0.1) is 5.92 Å². The smallest absolute Gasteiger partial charge is 0.341 e. The van der Waals surface area contributed by atoms with Gasteiger partial charge >= 0.3 is 12.0 Å². The molecule has 2 atom stereocenters. The number of aryl methyl sites for hydroxylation is 1. The number of hydrogen-bond donors (Lipinski definition) is 1. The van der Waals surface area contributed by atoms with Crippen LogP contribution >= 0.6 is 11.6 Å². The van der Waals surface area contributed by atoms with Gasteiger partial charge in [-0.2, -0.15) is 0 Å². The highest BCUT2D eigenvalue weighted by Crippen LogP contribution is 2.30. The number of pyridine rings is 1. The summed E-state index contributed by atoms with van der Waals surface area (Å²) in [6.45, 7) is 0.144. The molecule has 2 aromatic carbocycles. The zero-order valence-corrected chi connectivity index (χ0v) is 18.0. The Kier molecular flexibility index (Phi) is 6.92. The number of urea groups is 1. The van der Waals surface area contributed by atoms with Crippen molar-refractivity contribution in [1.29, 1.82) is 0 Å². The summed E-state index contributed by atoms with van der Waals surface area (Å²) >= 11 is 6.29. The van der Waals surface area contributed by atoms with E-state index in [1.807, 2.05) is 54.6 Å². The quantitative estimate of drug-likeness (QED) is 0.520. The van der Waals surface area contributed by atoms with E-state index in [4.69, 9.17) is 16.3 Å². The third-order valence-corrected chi connectivity index (χ3v) is 5.74. The van der Waals surface area contributed by atoms with Gasteiger partial charge in [-0.15, -0.1) is 0 Å². The largest absolute Gasteiger partial charge is 0.460 e. The Bertz CT molecular complexity index is 1120. The number of rotatable bonds is 7. The second-order valence-corrected chi connectivity index (χ2v) is 7.88. The van der Waals surface area contributed by atoms with E-state index in [2.05, 4.69) is 15.3 Å².